The molecular weight excluding hydrogens is 180 g/mol. The number of aromatic carboxylic acids is 1. The number of aryl methyl sites for hydroxylation is 1. The first kappa shape index (κ1) is 9.24. The average Bonchev–Trinajstić information content (AvgIpc) is 2.58. The van der Waals surface area contributed by atoms with Gasteiger partial charge in [-0.3, -0.25) is 4.68 Å². The van der Waals surface area contributed by atoms with Crippen LogP contribution in [-0.4, -0.2) is 20.9 Å². The lowest BCUT2D eigenvalue weighted by Crippen LogP contribution is -2.13. The molecule has 0 aliphatic heterocycles. The zero-order valence-corrected chi connectivity index (χ0v) is 8.45. The summed E-state index contributed by atoms with van der Waals surface area (Å²) in [5, 5.41) is 13.5. The van der Waals surface area contributed by atoms with Crippen molar-refractivity contribution >= 4 is 5.97 Å². The molecule has 0 radical (unpaired) electrons. The molecule has 0 spiro atoms. The molecule has 2 rings (SSSR count). The maximum Gasteiger partial charge on any atom is 0.354 e. The zero-order valence-electron chi connectivity index (χ0n) is 8.45. The van der Waals surface area contributed by atoms with Crippen molar-refractivity contribution in [2.45, 2.75) is 39.2 Å². The minimum atomic E-state index is -0.852. The van der Waals surface area contributed by atoms with Gasteiger partial charge in [-0.15, -0.1) is 0 Å². The van der Waals surface area contributed by atoms with Gasteiger partial charge in [0, 0.05) is 11.6 Å². The summed E-state index contributed by atoms with van der Waals surface area (Å²) in [6.07, 6.45) is 2.83. The highest BCUT2D eigenvalue weighted by Gasteiger charge is 2.26. The van der Waals surface area contributed by atoms with Crippen molar-refractivity contribution in [3.63, 3.8) is 0 Å². The van der Waals surface area contributed by atoms with Crippen LogP contribution in [0, 0.1) is 0 Å². The van der Waals surface area contributed by atoms with Crippen molar-refractivity contribution < 1.29 is 9.90 Å². The lowest BCUT2D eigenvalue weighted by molar-refractivity contribution is 0.0680. The normalized spacial score (nSPS) is 14.8. The smallest absolute Gasteiger partial charge is 0.354 e. The van der Waals surface area contributed by atoms with Gasteiger partial charge >= 0.3 is 5.97 Å². The van der Waals surface area contributed by atoms with Crippen molar-refractivity contribution in [3.05, 3.63) is 17.0 Å². The molecule has 0 bridgehead atoms. The molecule has 0 amide bonds. The summed E-state index contributed by atoms with van der Waals surface area (Å²) in [7, 11) is 0. The number of carbonyl (C=O) groups is 1. The van der Waals surface area contributed by atoms with Crippen LogP contribution >= 0.6 is 0 Å². The summed E-state index contributed by atoms with van der Waals surface area (Å²) >= 11 is 0. The standard InChI is InChI=1S/C10H14N2O2/c1-6(2)12-9(10(13)14)7-4-3-5-8(7)11-12/h6H,3-5H2,1-2H3,(H,13,14). The van der Waals surface area contributed by atoms with Gasteiger partial charge in [0.05, 0.1) is 5.69 Å². The summed E-state index contributed by atoms with van der Waals surface area (Å²) in [5.41, 5.74) is 2.33. The lowest BCUT2D eigenvalue weighted by Gasteiger charge is -2.08. The minimum Gasteiger partial charge on any atom is -0.477 e. The summed E-state index contributed by atoms with van der Waals surface area (Å²) < 4.78 is 1.63. The number of aromatic nitrogens is 2. The van der Waals surface area contributed by atoms with E-state index in [0.29, 0.717) is 5.69 Å². The largest absolute Gasteiger partial charge is 0.477 e. The van der Waals surface area contributed by atoms with E-state index in [2.05, 4.69) is 5.10 Å². The van der Waals surface area contributed by atoms with Gasteiger partial charge in [-0.05, 0) is 33.1 Å². The molecular formula is C10H14N2O2. The highest BCUT2D eigenvalue weighted by molar-refractivity contribution is 5.88. The molecule has 1 aromatic rings. The van der Waals surface area contributed by atoms with Crippen LogP contribution in [0.5, 0.6) is 0 Å². The third-order valence-electron chi connectivity index (χ3n) is 2.62. The number of carboxylic acids is 1. The molecule has 14 heavy (non-hydrogen) atoms. The van der Waals surface area contributed by atoms with Gasteiger partial charge in [0.1, 0.15) is 5.69 Å². The van der Waals surface area contributed by atoms with Crippen LogP contribution in [0.25, 0.3) is 0 Å². The van der Waals surface area contributed by atoms with Crippen LogP contribution in [0.3, 0.4) is 0 Å². The number of nitrogens with zero attached hydrogens (tertiary/aromatic N) is 2. The first-order valence-electron chi connectivity index (χ1n) is 4.94. The van der Waals surface area contributed by atoms with Gasteiger partial charge in [0.15, 0.2) is 0 Å². The van der Waals surface area contributed by atoms with E-state index < -0.39 is 5.97 Å². The Hall–Kier alpha value is -1.32. The Bertz CT molecular complexity index is 380. The van der Waals surface area contributed by atoms with Crippen LogP contribution in [-0.2, 0) is 12.8 Å². The maximum atomic E-state index is 11.1. The number of fused-ring (bicyclic) bond motifs is 1. The Balaban J connectivity index is 2.57. The van der Waals surface area contributed by atoms with Gasteiger partial charge in [0.25, 0.3) is 0 Å². The third-order valence-corrected chi connectivity index (χ3v) is 2.62. The van der Waals surface area contributed by atoms with Gasteiger partial charge < -0.3 is 5.11 Å². The van der Waals surface area contributed by atoms with E-state index >= 15 is 0 Å². The molecule has 1 aliphatic carbocycles. The van der Waals surface area contributed by atoms with Crippen LogP contribution in [0.1, 0.15) is 48.1 Å². The Morgan fingerprint density at radius 3 is 2.79 bits per heavy atom. The first-order chi connectivity index (χ1) is 6.61. The Labute approximate surface area is 82.5 Å². The highest BCUT2D eigenvalue weighted by Crippen LogP contribution is 2.26. The fraction of sp³-hybridized carbons (Fsp3) is 0.600. The average molecular weight is 194 g/mol. The molecule has 0 aromatic carbocycles. The fourth-order valence-corrected chi connectivity index (χ4v) is 2.01. The minimum absolute atomic E-state index is 0.117. The molecule has 1 N–H and O–H groups in total. The van der Waals surface area contributed by atoms with E-state index in [4.69, 9.17) is 5.11 Å². The van der Waals surface area contributed by atoms with Crippen LogP contribution in [0.4, 0.5) is 0 Å². The van der Waals surface area contributed by atoms with Gasteiger partial charge in [0.2, 0.25) is 0 Å². The van der Waals surface area contributed by atoms with Crippen LogP contribution < -0.4 is 0 Å². The first-order valence-corrected chi connectivity index (χ1v) is 4.94. The van der Waals surface area contributed by atoms with E-state index in [0.717, 1.165) is 30.5 Å². The molecule has 0 fully saturated rings. The topological polar surface area (TPSA) is 55.1 Å². The summed E-state index contributed by atoms with van der Waals surface area (Å²) in [6, 6.07) is 0.117. The molecule has 1 aromatic heterocycles. The van der Waals surface area contributed by atoms with Gasteiger partial charge in [-0.25, -0.2) is 4.79 Å². The molecule has 1 aliphatic rings. The predicted octanol–water partition coefficient (Wildman–Crippen LogP) is 1.65. The second kappa shape index (κ2) is 3.12. The summed E-state index contributed by atoms with van der Waals surface area (Å²) in [4.78, 5) is 11.1. The van der Waals surface area contributed by atoms with E-state index in [1.807, 2.05) is 13.8 Å². The van der Waals surface area contributed by atoms with Gasteiger partial charge in [-0.1, -0.05) is 0 Å². The third kappa shape index (κ3) is 1.22. The maximum absolute atomic E-state index is 11.1. The molecule has 0 saturated heterocycles. The Morgan fingerprint density at radius 2 is 2.21 bits per heavy atom. The van der Waals surface area contributed by atoms with E-state index in [-0.39, 0.29) is 6.04 Å². The quantitative estimate of drug-likeness (QED) is 0.778. The number of rotatable bonds is 2. The molecule has 0 atom stereocenters. The number of hydrogen-bond acceptors (Lipinski definition) is 2. The Morgan fingerprint density at radius 1 is 1.50 bits per heavy atom. The zero-order chi connectivity index (χ0) is 10.3. The van der Waals surface area contributed by atoms with Crippen molar-refractivity contribution in [2.75, 3.05) is 0 Å². The predicted molar refractivity (Wildman–Crippen MR) is 51.6 cm³/mol. The summed E-state index contributed by atoms with van der Waals surface area (Å²) in [5.74, 6) is -0.852. The second-order valence-corrected chi connectivity index (χ2v) is 3.97. The Kier molecular flexibility index (Phi) is 2.06. The number of carboxylic acid groups (broad SMARTS) is 1. The fourth-order valence-electron chi connectivity index (χ4n) is 2.01. The molecule has 0 unspecified atom stereocenters. The summed E-state index contributed by atoms with van der Waals surface area (Å²) in [6.45, 7) is 3.91. The van der Waals surface area contributed by atoms with Crippen molar-refractivity contribution in [1.29, 1.82) is 0 Å². The van der Waals surface area contributed by atoms with E-state index in [9.17, 15) is 4.79 Å². The van der Waals surface area contributed by atoms with Crippen LogP contribution in [0.15, 0.2) is 0 Å². The van der Waals surface area contributed by atoms with Crippen molar-refractivity contribution in [2.24, 2.45) is 0 Å². The molecule has 0 saturated carbocycles. The molecule has 1 heterocycles. The molecule has 4 heteroatoms. The SMILES string of the molecule is CC(C)n1nc2c(c1C(=O)O)CCC2. The van der Waals surface area contributed by atoms with Crippen molar-refractivity contribution in [1.82, 2.24) is 9.78 Å². The van der Waals surface area contributed by atoms with E-state index in [1.165, 1.54) is 0 Å². The van der Waals surface area contributed by atoms with Crippen molar-refractivity contribution in [3.8, 4) is 0 Å². The van der Waals surface area contributed by atoms with Gasteiger partial charge in [-0.2, -0.15) is 5.10 Å². The molecule has 76 valence electrons. The lowest BCUT2D eigenvalue weighted by atomic mass is 10.2. The van der Waals surface area contributed by atoms with Crippen LogP contribution in [0.2, 0.25) is 0 Å². The molecule has 4 nitrogen and oxygen atoms in total. The highest BCUT2D eigenvalue weighted by atomic mass is 16.4. The number of hydrogen-bond donors (Lipinski definition) is 1. The second-order valence-electron chi connectivity index (χ2n) is 3.97. The van der Waals surface area contributed by atoms with E-state index in [1.54, 1.807) is 4.68 Å². The monoisotopic (exact) mass is 194 g/mol.